The molecule has 0 atom stereocenters. The third-order valence-corrected chi connectivity index (χ3v) is 3.53. The average Bonchev–Trinajstić information content (AvgIpc) is 2.35. The highest BCUT2D eigenvalue weighted by atomic mass is 79.9. The van der Waals surface area contributed by atoms with E-state index in [-0.39, 0.29) is 0 Å². The molecule has 6 nitrogen and oxygen atoms in total. The minimum atomic E-state index is 0.350. The molecule has 0 aliphatic carbocycles. The van der Waals surface area contributed by atoms with Crippen molar-refractivity contribution in [3.63, 3.8) is 0 Å². The van der Waals surface area contributed by atoms with Crippen LogP contribution in [0.15, 0.2) is 33.2 Å². The quantitative estimate of drug-likeness (QED) is 0.386. The highest BCUT2D eigenvalue weighted by molar-refractivity contribution is 9.10. The molecule has 8 heteroatoms. The first kappa shape index (κ1) is 12.2. The molecule has 2 aromatic heterocycles. The SMILES string of the molecule is Cc1cnc(Sc2nc(NN)ncc2Br)nc1. The first-order valence-electron chi connectivity index (χ1n) is 4.64. The molecule has 2 rings (SSSR count). The Hall–Kier alpha value is -1.25. The Balaban J connectivity index is 2.25. The van der Waals surface area contributed by atoms with E-state index in [2.05, 4.69) is 41.3 Å². The van der Waals surface area contributed by atoms with Gasteiger partial charge in [-0.15, -0.1) is 0 Å². The van der Waals surface area contributed by atoms with Gasteiger partial charge in [-0.05, 0) is 40.2 Å². The van der Waals surface area contributed by atoms with Crippen LogP contribution in [0.4, 0.5) is 5.95 Å². The monoisotopic (exact) mass is 312 g/mol. The van der Waals surface area contributed by atoms with Crippen LogP contribution in [0.2, 0.25) is 0 Å². The van der Waals surface area contributed by atoms with Crippen molar-refractivity contribution < 1.29 is 0 Å². The fourth-order valence-corrected chi connectivity index (χ4v) is 2.11. The smallest absolute Gasteiger partial charge is 0.238 e. The first-order chi connectivity index (χ1) is 8.19. The Morgan fingerprint density at radius 1 is 1.24 bits per heavy atom. The Bertz CT molecular complexity index is 517. The van der Waals surface area contributed by atoms with E-state index in [0.29, 0.717) is 16.1 Å². The van der Waals surface area contributed by atoms with Crippen LogP contribution < -0.4 is 11.3 Å². The number of hydrazine groups is 1. The van der Waals surface area contributed by atoms with Crippen LogP contribution in [0, 0.1) is 6.92 Å². The second kappa shape index (κ2) is 5.39. The molecule has 0 saturated heterocycles. The zero-order valence-electron chi connectivity index (χ0n) is 8.88. The van der Waals surface area contributed by atoms with E-state index in [1.807, 2.05) is 6.92 Å². The van der Waals surface area contributed by atoms with Gasteiger partial charge in [0.25, 0.3) is 0 Å². The van der Waals surface area contributed by atoms with Gasteiger partial charge in [-0.1, -0.05) is 0 Å². The van der Waals surface area contributed by atoms with Gasteiger partial charge >= 0.3 is 0 Å². The summed E-state index contributed by atoms with van der Waals surface area (Å²) in [5.41, 5.74) is 3.41. The topological polar surface area (TPSA) is 89.6 Å². The van der Waals surface area contributed by atoms with Gasteiger partial charge in [0.1, 0.15) is 5.03 Å². The molecule has 0 spiro atoms. The highest BCUT2D eigenvalue weighted by Gasteiger charge is 2.08. The van der Waals surface area contributed by atoms with Gasteiger partial charge in [0.2, 0.25) is 5.95 Å². The lowest BCUT2D eigenvalue weighted by Gasteiger charge is -2.04. The van der Waals surface area contributed by atoms with E-state index in [1.165, 1.54) is 11.8 Å². The lowest BCUT2D eigenvalue weighted by atomic mass is 10.4. The number of aromatic nitrogens is 4. The number of anilines is 1. The molecule has 0 aliphatic heterocycles. The maximum atomic E-state index is 5.25. The molecule has 3 N–H and O–H groups in total. The Morgan fingerprint density at radius 2 is 1.94 bits per heavy atom. The van der Waals surface area contributed by atoms with E-state index < -0.39 is 0 Å². The van der Waals surface area contributed by atoms with Crippen LogP contribution in [0.1, 0.15) is 5.56 Å². The summed E-state index contributed by atoms with van der Waals surface area (Å²) in [4.78, 5) is 16.5. The molecule has 2 heterocycles. The van der Waals surface area contributed by atoms with Gasteiger partial charge in [-0.25, -0.2) is 25.8 Å². The van der Waals surface area contributed by atoms with Gasteiger partial charge in [-0.2, -0.15) is 0 Å². The van der Waals surface area contributed by atoms with Crippen molar-refractivity contribution in [1.29, 1.82) is 0 Å². The number of nitrogens with one attached hydrogen (secondary N) is 1. The van der Waals surface area contributed by atoms with Crippen LogP contribution in [-0.2, 0) is 0 Å². The number of nitrogen functional groups attached to an aromatic ring is 1. The van der Waals surface area contributed by atoms with Gasteiger partial charge < -0.3 is 0 Å². The zero-order valence-corrected chi connectivity index (χ0v) is 11.3. The van der Waals surface area contributed by atoms with Crippen molar-refractivity contribution in [3.8, 4) is 0 Å². The average molecular weight is 313 g/mol. The summed E-state index contributed by atoms with van der Waals surface area (Å²) in [5, 5.41) is 1.33. The standard InChI is InChI=1S/C9H9BrN6S/c1-5-2-13-9(14-3-5)17-7-6(10)4-12-8(15-7)16-11/h2-4H,11H2,1H3,(H,12,15,16). The summed E-state index contributed by atoms with van der Waals surface area (Å²) in [6.45, 7) is 1.94. The summed E-state index contributed by atoms with van der Waals surface area (Å²) in [6, 6.07) is 0. The van der Waals surface area contributed by atoms with Gasteiger partial charge in [0.05, 0.1) is 4.47 Å². The third kappa shape index (κ3) is 3.11. The Morgan fingerprint density at radius 3 is 2.59 bits per heavy atom. The van der Waals surface area contributed by atoms with Gasteiger partial charge in [0.15, 0.2) is 5.16 Å². The van der Waals surface area contributed by atoms with Crippen molar-refractivity contribution in [2.45, 2.75) is 17.1 Å². The summed E-state index contributed by atoms with van der Waals surface area (Å²) < 4.78 is 0.769. The Kier molecular flexibility index (Phi) is 3.87. The highest BCUT2D eigenvalue weighted by Crippen LogP contribution is 2.29. The first-order valence-corrected chi connectivity index (χ1v) is 6.25. The number of nitrogens with two attached hydrogens (primary N) is 1. The Labute approximate surface area is 111 Å². The molecule has 2 aromatic rings. The van der Waals surface area contributed by atoms with Crippen LogP contribution >= 0.6 is 27.7 Å². The lowest BCUT2D eigenvalue weighted by Crippen LogP contribution is -2.10. The zero-order chi connectivity index (χ0) is 12.3. The number of halogens is 1. The maximum absolute atomic E-state index is 5.25. The largest absolute Gasteiger partial charge is 0.292 e. The summed E-state index contributed by atoms with van der Waals surface area (Å²) in [6.07, 6.45) is 5.14. The second-order valence-electron chi connectivity index (χ2n) is 3.14. The van der Waals surface area contributed by atoms with Gasteiger partial charge in [-0.3, -0.25) is 5.43 Å². The number of hydrogen-bond donors (Lipinski definition) is 2. The molecular weight excluding hydrogens is 304 g/mol. The van der Waals surface area contributed by atoms with Crippen molar-refractivity contribution in [1.82, 2.24) is 19.9 Å². The van der Waals surface area contributed by atoms with Crippen molar-refractivity contribution in [2.24, 2.45) is 5.84 Å². The normalized spacial score (nSPS) is 10.3. The summed E-state index contributed by atoms with van der Waals surface area (Å²) >= 11 is 4.70. The van der Waals surface area contributed by atoms with E-state index >= 15 is 0 Å². The van der Waals surface area contributed by atoms with Crippen LogP contribution in [0.3, 0.4) is 0 Å². The minimum Gasteiger partial charge on any atom is -0.292 e. The van der Waals surface area contributed by atoms with E-state index in [4.69, 9.17) is 5.84 Å². The van der Waals surface area contributed by atoms with E-state index in [1.54, 1.807) is 18.6 Å². The van der Waals surface area contributed by atoms with Crippen molar-refractivity contribution in [3.05, 3.63) is 28.6 Å². The fraction of sp³-hybridized carbons (Fsp3) is 0.111. The second-order valence-corrected chi connectivity index (χ2v) is 4.95. The van der Waals surface area contributed by atoms with Crippen LogP contribution in [-0.4, -0.2) is 19.9 Å². The number of rotatable bonds is 3. The number of hydrogen-bond acceptors (Lipinski definition) is 7. The molecular formula is C9H9BrN6S. The molecule has 0 saturated carbocycles. The summed E-state index contributed by atoms with van der Waals surface area (Å²) in [5.74, 6) is 5.60. The van der Waals surface area contributed by atoms with Crippen LogP contribution in [0.5, 0.6) is 0 Å². The fourth-order valence-electron chi connectivity index (χ4n) is 1.01. The molecule has 88 valence electrons. The van der Waals surface area contributed by atoms with Crippen LogP contribution in [0.25, 0.3) is 0 Å². The number of aryl methyl sites for hydroxylation is 1. The van der Waals surface area contributed by atoms with Crippen molar-refractivity contribution in [2.75, 3.05) is 5.43 Å². The predicted octanol–water partition coefficient (Wildman–Crippen LogP) is 1.77. The van der Waals surface area contributed by atoms with E-state index in [9.17, 15) is 0 Å². The maximum Gasteiger partial charge on any atom is 0.238 e. The molecule has 0 aromatic carbocycles. The molecule has 0 bridgehead atoms. The van der Waals surface area contributed by atoms with Gasteiger partial charge in [0, 0.05) is 18.6 Å². The molecule has 0 amide bonds. The molecule has 0 fully saturated rings. The molecule has 17 heavy (non-hydrogen) atoms. The number of nitrogens with zero attached hydrogens (tertiary/aromatic N) is 4. The minimum absolute atomic E-state index is 0.350. The predicted molar refractivity (Wildman–Crippen MR) is 68.4 cm³/mol. The molecule has 0 radical (unpaired) electrons. The van der Waals surface area contributed by atoms with E-state index in [0.717, 1.165) is 10.0 Å². The molecule has 0 unspecified atom stereocenters. The van der Waals surface area contributed by atoms with Crippen molar-refractivity contribution >= 4 is 33.6 Å². The third-order valence-electron chi connectivity index (χ3n) is 1.79. The molecule has 0 aliphatic rings. The lowest BCUT2D eigenvalue weighted by molar-refractivity contribution is 0.937. The summed E-state index contributed by atoms with van der Waals surface area (Å²) in [7, 11) is 0.